The Morgan fingerprint density at radius 1 is 1.17 bits per heavy atom. The minimum absolute atomic E-state index is 0.322. The third kappa shape index (κ3) is 4.50. The van der Waals surface area contributed by atoms with E-state index < -0.39 is 5.97 Å². The third-order valence-electron chi connectivity index (χ3n) is 3.53. The van der Waals surface area contributed by atoms with Crippen molar-refractivity contribution in [2.75, 3.05) is 14.1 Å². The van der Waals surface area contributed by atoms with Gasteiger partial charge >= 0.3 is 5.97 Å². The van der Waals surface area contributed by atoms with Gasteiger partial charge in [0.15, 0.2) is 0 Å². The van der Waals surface area contributed by atoms with Gasteiger partial charge in [0.1, 0.15) is 5.82 Å². The van der Waals surface area contributed by atoms with Crippen LogP contribution in [-0.4, -0.2) is 30.1 Å². The fourth-order valence-corrected chi connectivity index (χ4v) is 2.42. The molecule has 0 heterocycles. The molecule has 23 heavy (non-hydrogen) atoms. The minimum Gasteiger partial charge on any atom is -0.478 e. The van der Waals surface area contributed by atoms with Crippen LogP contribution in [0.1, 0.15) is 18.1 Å². The molecule has 0 unspecified atom stereocenters. The molecule has 0 aliphatic rings. The highest BCUT2D eigenvalue weighted by Crippen LogP contribution is 2.27. The van der Waals surface area contributed by atoms with Crippen LogP contribution < -0.4 is 0 Å². The molecule has 0 aliphatic heterocycles. The van der Waals surface area contributed by atoms with Crippen LogP contribution in [-0.2, 0) is 11.3 Å². The molecule has 120 valence electrons. The molecule has 0 aromatic heterocycles. The minimum atomic E-state index is -1.01. The Labute approximate surface area is 135 Å². The lowest BCUT2D eigenvalue weighted by Crippen LogP contribution is -2.10. The van der Waals surface area contributed by atoms with Crippen LogP contribution >= 0.6 is 0 Å². The van der Waals surface area contributed by atoms with Crippen molar-refractivity contribution in [3.63, 3.8) is 0 Å². The first-order valence-corrected chi connectivity index (χ1v) is 7.32. The number of hydrogen-bond donors (Lipinski definition) is 1. The average Bonchev–Trinajstić information content (AvgIpc) is 2.47. The average molecular weight is 313 g/mol. The van der Waals surface area contributed by atoms with E-state index in [4.69, 9.17) is 5.11 Å². The number of carbonyl (C=O) groups is 1. The molecular formula is C19H20FNO2. The van der Waals surface area contributed by atoms with Gasteiger partial charge in [0, 0.05) is 18.2 Å². The van der Waals surface area contributed by atoms with E-state index >= 15 is 0 Å². The lowest BCUT2D eigenvalue weighted by atomic mass is 9.98. The summed E-state index contributed by atoms with van der Waals surface area (Å²) in [5, 5.41) is 8.83. The monoisotopic (exact) mass is 313 g/mol. The van der Waals surface area contributed by atoms with Crippen molar-refractivity contribution in [3.8, 4) is 11.1 Å². The second-order valence-electron chi connectivity index (χ2n) is 5.79. The molecule has 0 bridgehead atoms. The van der Waals surface area contributed by atoms with E-state index in [9.17, 15) is 9.18 Å². The van der Waals surface area contributed by atoms with E-state index in [1.807, 2.05) is 38.4 Å². The molecule has 0 atom stereocenters. The van der Waals surface area contributed by atoms with Crippen molar-refractivity contribution in [3.05, 3.63) is 65.5 Å². The highest BCUT2D eigenvalue weighted by molar-refractivity contribution is 5.90. The van der Waals surface area contributed by atoms with Gasteiger partial charge in [-0.1, -0.05) is 30.3 Å². The maximum absolute atomic E-state index is 14.1. The van der Waals surface area contributed by atoms with E-state index in [2.05, 4.69) is 4.90 Å². The number of carboxylic acids is 1. The second kappa shape index (κ2) is 7.20. The number of allylic oxidation sites excluding steroid dienone is 1. The molecule has 1 N–H and O–H groups in total. The van der Waals surface area contributed by atoms with E-state index in [1.54, 1.807) is 19.1 Å². The first-order chi connectivity index (χ1) is 10.9. The van der Waals surface area contributed by atoms with Gasteiger partial charge in [-0.15, -0.1) is 0 Å². The van der Waals surface area contributed by atoms with Gasteiger partial charge in [-0.3, -0.25) is 0 Å². The van der Waals surface area contributed by atoms with Gasteiger partial charge in [0.25, 0.3) is 0 Å². The van der Waals surface area contributed by atoms with Crippen molar-refractivity contribution in [1.29, 1.82) is 0 Å². The zero-order valence-corrected chi connectivity index (χ0v) is 13.5. The van der Waals surface area contributed by atoms with Gasteiger partial charge in [-0.05, 0) is 55.4 Å². The molecule has 0 spiro atoms. The third-order valence-corrected chi connectivity index (χ3v) is 3.53. The summed E-state index contributed by atoms with van der Waals surface area (Å²) >= 11 is 0. The molecule has 0 radical (unpaired) electrons. The molecule has 0 saturated heterocycles. The summed E-state index contributed by atoms with van der Waals surface area (Å²) in [6.07, 6.45) is 1.12. The number of rotatable bonds is 5. The standard InChI is InChI=1S/C19H20FNO2/c1-13(10-19(22)23)16-8-9-18(20)17(11-16)15-6-4-14(5-7-15)12-21(2)3/h4-11H,12H2,1-3H3,(H,22,23)/b13-10+. The van der Waals surface area contributed by atoms with E-state index in [1.165, 1.54) is 6.07 Å². The van der Waals surface area contributed by atoms with Gasteiger partial charge < -0.3 is 10.0 Å². The maximum Gasteiger partial charge on any atom is 0.328 e. The molecule has 4 heteroatoms. The topological polar surface area (TPSA) is 40.5 Å². The molecule has 0 fully saturated rings. The summed E-state index contributed by atoms with van der Waals surface area (Å²) in [5.41, 5.74) is 3.67. The summed E-state index contributed by atoms with van der Waals surface area (Å²) in [6, 6.07) is 12.4. The number of benzene rings is 2. The van der Waals surface area contributed by atoms with E-state index in [0.717, 1.165) is 23.7 Å². The summed E-state index contributed by atoms with van der Waals surface area (Å²) in [5.74, 6) is -1.33. The molecule has 2 aromatic rings. The largest absolute Gasteiger partial charge is 0.478 e. The van der Waals surface area contributed by atoms with Gasteiger partial charge in [-0.25, -0.2) is 9.18 Å². The maximum atomic E-state index is 14.1. The fraction of sp³-hybridized carbons (Fsp3) is 0.211. The summed E-state index contributed by atoms with van der Waals surface area (Å²) in [6.45, 7) is 2.52. The van der Waals surface area contributed by atoms with Crippen molar-refractivity contribution in [1.82, 2.24) is 4.90 Å². The predicted molar refractivity (Wildman–Crippen MR) is 90.5 cm³/mol. The number of halogens is 1. The Kier molecular flexibility index (Phi) is 5.29. The molecule has 2 aromatic carbocycles. The number of nitrogens with zero attached hydrogens (tertiary/aromatic N) is 1. The lowest BCUT2D eigenvalue weighted by molar-refractivity contribution is -0.131. The Morgan fingerprint density at radius 2 is 1.83 bits per heavy atom. The number of aliphatic carboxylic acids is 1. The van der Waals surface area contributed by atoms with Crippen molar-refractivity contribution >= 4 is 11.5 Å². The Hall–Kier alpha value is -2.46. The Bertz CT molecular complexity index is 734. The van der Waals surface area contributed by atoms with Crippen molar-refractivity contribution < 1.29 is 14.3 Å². The molecule has 0 aliphatic carbocycles. The fourth-order valence-electron chi connectivity index (χ4n) is 2.42. The van der Waals surface area contributed by atoms with Crippen LogP contribution in [0.15, 0.2) is 48.5 Å². The smallest absolute Gasteiger partial charge is 0.328 e. The van der Waals surface area contributed by atoms with Crippen molar-refractivity contribution in [2.24, 2.45) is 0 Å². The first-order valence-electron chi connectivity index (χ1n) is 7.32. The molecular weight excluding hydrogens is 293 g/mol. The number of hydrogen-bond acceptors (Lipinski definition) is 2. The highest BCUT2D eigenvalue weighted by Gasteiger charge is 2.08. The summed E-state index contributed by atoms with van der Waals surface area (Å²) in [4.78, 5) is 12.8. The quantitative estimate of drug-likeness (QED) is 0.847. The first kappa shape index (κ1) is 16.9. The van der Waals surface area contributed by atoms with Crippen LogP contribution in [0, 0.1) is 5.82 Å². The van der Waals surface area contributed by atoms with Crippen LogP contribution in [0.25, 0.3) is 16.7 Å². The SMILES string of the molecule is C/C(=C\C(=O)O)c1ccc(F)c(-c2ccc(CN(C)C)cc2)c1. The predicted octanol–water partition coefficient (Wildman–Crippen LogP) is 4.04. The molecule has 0 amide bonds. The molecule has 3 nitrogen and oxygen atoms in total. The van der Waals surface area contributed by atoms with Crippen LogP contribution in [0.2, 0.25) is 0 Å². The van der Waals surface area contributed by atoms with Crippen molar-refractivity contribution in [2.45, 2.75) is 13.5 Å². The normalized spacial score (nSPS) is 11.8. The van der Waals surface area contributed by atoms with Gasteiger partial charge in [0.05, 0.1) is 0 Å². The van der Waals surface area contributed by atoms with Crippen LogP contribution in [0.5, 0.6) is 0 Å². The van der Waals surface area contributed by atoms with E-state index in [-0.39, 0.29) is 5.82 Å². The molecule has 0 saturated carbocycles. The summed E-state index contributed by atoms with van der Waals surface area (Å²) in [7, 11) is 3.99. The molecule has 2 rings (SSSR count). The van der Waals surface area contributed by atoms with Crippen LogP contribution in [0.4, 0.5) is 4.39 Å². The zero-order chi connectivity index (χ0) is 17.0. The highest BCUT2D eigenvalue weighted by atomic mass is 19.1. The van der Waals surface area contributed by atoms with Gasteiger partial charge in [0.2, 0.25) is 0 Å². The van der Waals surface area contributed by atoms with Crippen LogP contribution in [0.3, 0.4) is 0 Å². The Balaban J connectivity index is 2.37. The Morgan fingerprint density at radius 3 is 2.39 bits per heavy atom. The number of carboxylic acid groups (broad SMARTS) is 1. The van der Waals surface area contributed by atoms with Gasteiger partial charge in [-0.2, -0.15) is 0 Å². The zero-order valence-electron chi connectivity index (χ0n) is 13.5. The van der Waals surface area contributed by atoms with E-state index in [0.29, 0.717) is 16.7 Å². The summed E-state index contributed by atoms with van der Waals surface area (Å²) < 4.78 is 14.1. The second-order valence-corrected chi connectivity index (χ2v) is 5.79. The lowest BCUT2D eigenvalue weighted by Gasteiger charge is -2.11.